The van der Waals surface area contributed by atoms with Crippen LogP contribution in [0.1, 0.15) is 71.1 Å². The quantitative estimate of drug-likeness (QED) is 0.369. The monoisotopic (exact) mass is 280 g/mol. The standard InChI is InChI=1S/C17H28O3/c1-3-4-5-6-7-8-9-10-11-12-13-15-16(18)14(2)20-17(15)19/h13,16,18H,2-12H2,1H3/t16-/m0/s1. The van der Waals surface area contributed by atoms with Gasteiger partial charge in [-0.05, 0) is 12.8 Å². The zero-order chi connectivity index (χ0) is 14.8. The Morgan fingerprint density at radius 3 is 2.15 bits per heavy atom. The van der Waals surface area contributed by atoms with Crippen LogP contribution in [0.5, 0.6) is 0 Å². The fourth-order valence-corrected chi connectivity index (χ4v) is 2.43. The van der Waals surface area contributed by atoms with E-state index in [2.05, 4.69) is 13.5 Å². The van der Waals surface area contributed by atoms with E-state index < -0.39 is 12.1 Å². The summed E-state index contributed by atoms with van der Waals surface area (Å²) in [7, 11) is 0. The summed E-state index contributed by atoms with van der Waals surface area (Å²) in [5, 5.41) is 9.66. The van der Waals surface area contributed by atoms with Gasteiger partial charge in [0, 0.05) is 0 Å². The van der Waals surface area contributed by atoms with Crippen molar-refractivity contribution in [2.45, 2.75) is 77.2 Å². The van der Waals surface area contributed by atoms with Crippen LogP contribution in [0, 0.1) is 0 Å². The van der Waals surface area contributed by atoms with Crippen LogP contribution >= 0.6 is 0 Å². The second-order valence-corrected chi connectivity index (χ2v) is 5.53. The van der Waals surface area contributed by atoms with Gasteiger partial charge >= 0.3 is 5.97 Å². The molecule has 0 amide bonds. The van der Waals surface area contributed by atoms with Crippen molar-refractivity contribution in [3.63, 3.8) is 0 Å². The number of aliphatic hydroxyl groups excluding tert-OH is 1. The fourth-order valence-electron chi connectivity index (χ4n) is 2.43. The first-order valence-corrected chi connectivity index (χ1v) is 7.96. The minimum atomic E-state index is -0.930. The van der Waals surface area contributed by atoms with Gasteiger partial charge in [0.2, 0.25) is 0 Å². The molecule has 3 heteroatoms. The minimum Gasteiger partial charge on any atom is -0.425 e. The van der Waals surface area contributed by atoms with Crippen molar-refractivity contribution in [1.29, 1.82) is 0 Å². The van der Waals surface area contributed by atoms with Gasteiger partial charge in [-0.1, -0.05) is 70.9 Å². The molecule has 1 N–H and O–H groups in total. The van der Waals surface area contributed by atoms with E-state index in [0.29, 0.717) is 5.57 Å². The fraction of sp³-hybridized carbons (Fsp3) is 0.706. The summed E-state index contributed by atoms with van der Waals surface area (Å²) in [5.74, 6) is -0.299. The number of esters is 1. The normalized spacial score (nSPS) is 20.7. The number of aliphatic hydroxyl groups is 1. The molecule has 1 fully saturated rings. The number of carbonyl (C=O) groups excluding carboxylic acids is 1. The summed E-state index contributed by atoms with van der Waals surface area (Å²) in [5.41, 5.74) is 0.356. The number of ether oxygens (including phenoxy) is 1. The molecule has 1 aliphatic heterocycles. The Morgan fingerprint density at radius 1 is 1.10 bits per heavy atom. The molecule has 114 valence electrons. The van der Waals surface area contributed by atoms with Crippen molar-refractivity contribution in [3.8, 4) is 0 Å². The lowest BCUT2D eigenvalue weighted by molar-refractivity contribution is -0.132. The molecule has 0 bridgehead atoms. The predicted octanol–water partition coefficient (Wildman–Crippen LogP) is 4.27. The zero-order valence-corrected chi connectivity index (χ0v) is 12.7. The van der Waals surface area contributed by atoms with Crippen LogP contribution < -0.4 is 0 Å². The molecule has 0 aromatic rings. The van der Waals surface area contributed by atoms with Gasteiger partial charge in [0.1, 0.15) is 11.9 Å². The van der Waals surface area contributed by atoms with Gasteiger partial charge in [-0.3, -0.25) is 0 Å². The molecule has 0 aromatic heterocycles. The van der Waals surface area contributed by atoms with E-state index in [-0.39, 0.29) is 5.76 Å². The Labute approximate surface area is 122 Å². The SMILES string of the molecule is C=C1OC(=O)C(=CCCCCCCCCCCC)[C@H]1O. The van der Waals surface area contributed by atoms with E-state index in [1.165, 1.54) is 51.4 Å². The highest BCUT2D eigenvalue weighted by Gasteiger charge is 2.32. The maximum Gasteiger partial charge on any atom is 0.341 e. The Morgan fingerprint density at radius 2 is 1.65 bits per heavy atom. The maximum atomic E-state index is 11.4. The van der Waals surface area contributed by atoms with Crippen LogP contribution in [0.4, 0.5) is 0 Å². The van der Waals surface area contributed by atoms with Gasteiger partial charge in [0.05, 0.1) is 5.57 Å². The Bertz CT molecular complexity index is 344. The number of carbonyl (C=O) groups is 1. The molecule has 1 atom stereocenters. The first kappa shape index (κ1) is 17.0. The molecule has 1 heterocycles. The van der Waals surface area contributed by atoms with Crippen molar-refractivity contribution >= 4 is 5.97 Å². The lowest BCUT2D eigenvalue weighted by Gasteiger charge is -2.01. The summed E-state index contributed by atoms with van der Waals surface area (Å²) < 4.78 is 4.78. The lowest BCUT2D eigenvalue weighted by atomic mass is 10.0. The van der Waals surface area contributed by atoms with Crippen molar-refractivity contribution in [3.05, 3.63) is 24.0 Å². The summed E-state index contributed by atoms with van der Waals surface area (Å²) >= 11 is 0. The average molecular weight is 280 g/mol. The van der Waals surface area contributed by atoms with E-state index in [4.69, 9.17) is 4.74 Å². The maximum absolute atomic E-state index is 11.4. The molecule has 0 radical (unpaired) electrons. The molecule has 1 aliphatic rings. The van der Waals surface area contributed by atoms with Crippen molar-refractivity contribution in [2.24, 2.45) is 0 Å². The van der Waals surface area contributed by atoms with E-state index in [1.54, 1.807) is 6.08 Å². The molecule has 3 nitrogen and oxygen atoms in total. The van der Waals surface area contributed by atoms with Crippen LogP contribution in [0.2, 0.25) is 0 Å². The highest BCUT2D eigenvalue weighted by Crippen LogP contribution is 2.23. The molecule has 0 unspecified atom stereocenters. The van der Waals surface area contributed by atoms with E-state index in [1.807, 2.05) is 0 Å². The van der Waals surface area contributed by atoms with Crippen LogP contribution in [-0.2, 0) is 9.53 Å². The average Bonchev–Trinajstić information content (AvgIpc) is 2.67. The van der Waals surface area contributed by atoms with Crippen LogP contribution in [0.15, 0.2) is 24.0 Å². The molecular formula is C17H28O3. The molecular weight excluding hydrogens is 252 g/mol. The molecule has 0 aliphatic carbocycles. The number of allylic oxidation sites excluding steroid dienone is 1. The Hall–Kier alpha value is -1.09. The highest BCUT2D eigenvalue weighted by molar-refractivity contribution is 5.93. The second-order valence-electron chi connectivity index (χ2n) is 5.53. The van der Waals surface area contributed by atoms with Crippen LogP contribution in [0.3, 0.4) is 0 Å². The van der Waals surface area contributed by atoms with Gasteiger partial charge in [-0.15, -0.1) is 0 Å². The van der Waals surface area contributed by atoms with Gasteiger partial charge < -0.3 is 9.84 Å². The largest absolute Gasteiger partial charge is 0.425 e. The van der Waals surface area contributed by atoms with Gasteiger partial charge in [-0.2, -0.15) is 0 Å². The molecule has 20 heavy (non-hydrogen) atoms. The Balaban J connectivity index is 2.02. The van der Waals surface area contributed by atoms with Gasteiger partial charge in [0.15, 0.2) is 0 Å². The molecule has 1 rings (SSSR count). The van der Waals surface area contributed by atoms with Crippen LogP contribution in [-0.4, -0.2) is 17.2 Å². The smallest absolute Gasteiger partial charge is 0.341 e. The van der Waals surface area contributed by atoms with Crippen LogP contribution in [0.25, 0.3) is 0 Å². The second kappa shape index (κ2) is 9.76. The Kier molecular flexibility index (Phi) is 8.28. The first-order chi connectivity index (χ1) is 9.66. The van der Waals surface area contributed by atoms with Gasteiger partial charge in [-0.25, -0.2) is 4.79 Å². The molecule has 0 spiro atoms. The number of hydrogen-bond acceptors (Lipinski definition) is 3. The summed E-state index contributed by atoms with van der Waals surface area (Å²) in [4.78, 5) is 11.4. The number of unbranched alkanes of at least 4 members (excludes halogenated alkanes) is 9. The first-order valence-electron chi connectivity index (χ1n) is 7.96. The lowest BCUT2D eigenvalue weighted by Crippen LogP contribution is -2.07. The van der Waals surface area contributed by atoms with Crippen molar-refractivity contribution < 1.29 is 14.6 Å². The highest BCUT2D eigenvalue weighted by atomic mass is 16.6. The predicted molar refractivity (Wildman–Crippen MR) is 81.2 cm³/mol. The number of hydrogen-bond donors (Lipinski definition) is 1. The van der Waals surface area contributed by atoms with Crippen molar-refractivity contribution in [1.82, 2.24) is 0 Å². The van der Waals surface area contributed by atoms with E-state index in [0.717, 1.165) is 12.8 Å². The summed E-state index contributed by atoms with van der Waals surface area (Å²) in [6, 6.07) is 0. The molecule has 1 saturated heterocycles. The summed E-state index contributed by atoms with van der Waals surface area (Å²) in [6.07, 6.45) is 13.2. The van der Waals surface area contributed by atoms with E-state index >= 15 is 0 Å². The molecule has 0 aromatic carbocycles. The third-order valence-electron chi connectivity index (χ3n) is 3.73. The summed E-state index contributed by atoms with van der Waals surface area (Å²) in [6.45, 7) is 5.74. The number of cyclic esters (lactones) is 1. The van der Waals surface area contributed by atoms with Crippen molar-refractivity contribution in [2.75, 3.05) is 0 Å². The topological polar surface area (TPSA) is 46.5 Å². The zero-order valence-electron chi connectivity index (χ0n) is 12.7. The van der Waals surface area contributed by atoms with E-state index in [9.17, 15) is 9.90 Å². The number of rotatable bonds is 10. The van der Waals surface area contributed by atoms with Gasteiger partial charge in [0.25, 0.3) is 0 Å². The third-order valence-corrected chi connectivity index (χ3v) is 3.73. The minimum absolute atomic E-state index is 0.147. The third kappa shape index (κ3) is 5.91. The molecule has 0 saturated carbocycles.